The molecule has 1 aromatic rings. The first kappa shape index (κ1) is 25.1. The van der Waals surface area contributed by atoms with E-state index in [0.717, 1.165) is 38.6 Å². The minimum atomic E-state index is 0. The molecule has 1 atom stereocenters. The van der Waals surface area contributed by atoms with Gasteiger partial charge in [-0.15, -0.1) is 24.0 Å². The Bertz CT molecular complexity index is 506. The predicted molar refractivity (Wildman–Crippen MR) is 123 cm³/mol. The topological polar surface area (TPSA) is 48.9 Å². The molecule has 1 aromatic carbocycles. The summed E-state index contributed by atoms with van der Waals surface area (Å²) in [6, 6.07) is 10.3. The lowest BCUT2D eigenvalue weighted by molar-refractivity contribution is 0.0646. The molecule has 6 heteroatoms. The van der Waals surface area contributed by atoms with Crippen LogP contribution in [0.25, 0.3) is 0 Å². The molecule has 0 aromatic heterocycles. The van der Waals surface area contributed by atoms with Gasteiger partial charge >= 0.3 is 0 Å². The van der Waals surface area contributed by atoms with Crippen molar-refractivity contribution >= 4 is 29.9 Å². The molecule has 0 spiro atoms. The third-order valence-corrected chi connectivity index (χ3v) is 4.43. The van der Waals surface area contributed by atoms with Gasteiger partial charge in [0.05, 0.1) is 12.6 Å². The van der Waals surface area contributed by atoms with Crippen molar-refractivity contribution in [3.63, 3.8) is 0 Å². The fraction of sp³-hybridized carbons (Fsp3) is 0.650. The van der Waals surface area contributed by atoms with Gasteiger partial charge in [-0.2, -0.15) is 0 Å². The summed E-state index contributed by atoms with van der Waals surface area (Å²) in [6.45, 7) is 11.7. The van der Waals surface area contributed by atoms with E-state index in [2.05, 4.69) is 69.5 Å². The van der Waals surface area contributed by atoms with Crippen molar-refractivity contribution in [1.82, 2.24) is 15.5 Å². The van der Waals surface area contributed by atoms with E-state index < -0.39 is 0 Å². The van der Waals surface area contributed by atoms with Gasteiger partial charge in [-0.3, -0.25) is 4.99 Å². The Morgan fingerprint density at radius 3 is 2.42 bits per heavy atom. The zero-order chi connectivity index (χ0) is 18.7. The lowest BCUT2D eigenvalue weighted by Gasteiger charge is -2.31. The second-order valence-electron chi connectivity index (χ2n) is 7.11. The molecule has 26 heavy (non-hydrogen) atoms. The van der Waals surface area contributed by atoms with E-state index in [0.29, 0.717) is 0 Å². The smallest absolute Gasteiger partial charge is 0.191 e. The SMILES string of the molecule is CCNC(=NCC(C)(C)N(C)C)NCCCOC(C)c1ccccc1.I. The summed E-state index contributed by atoms with van der Waals surface area (Å²) >= 11 is 0. The van der Waals surface area contributed by atoms with E-state index in [4.69, 9.17) is 9.73 Å². The van der Waals surface area contributed by atoms with Gasteiger partial charge in [-0.1, -0.05) is 30.3 Å². The number of guanidine groups is 1. The number of nitrogens with one attached hydrogen (secondary N) is 2. The van der Waals surface area contributed by atoms with Crippen LogP contribution >= 0.6 is 24.0 Å². The van der Waals surface area contributed by atoms with Crippen molar-refractivity contribution in [2.45, 2.75) is 45.8 Å². The number of nitrogens with zero attached hydrogens (tertiary/aromatic N) is 2. The number of ether oxygens (including phenoxy) is 1. The van der Waals surface area contributed by atoms with Crippen molar-refractivity contribution in [2.75, 3.05) is 40.3 Å². The highest BCUT2D eigenvalue weighted by molar-refractivity contribution is 14.0. The third-order valence-electron chi connectivity index (χ3n) is 4.43. The molecule has 150 valence electrons. The second kappa shape index (κ2) is 13.3. The minimum absolute atomic E-state index is 0. The molecule has 0 radical (unpaired) electrons. The largest absolute Gasteiger partial charge is 0.374 e. The molecule has 0 fully saturated rings. The highest BCUT2D eigenvalue weighted by atomic mass is 127. The summed E-state index contributed by atoms with van der Waals surface area (Å²) in [4.78, 5) is 6.89. The predicted octanol–water partition coefficient (Wildman–Crippen LogP) is 3.67. The molecule has 1 rings (SSSR count). The number of rotatable bonds is 10. The first-order valence-corrected chi connectivity index (χ1v) is 9.23. The maximum absolute atomic E-state index is 5.91. The summed E-state index contributed by atoms with van der Waals surface area (Å²) < 4.78 is 5.91. The molecular formula is C20H37IN4O. The van der Waals surface area contributed by atoms with E-state index in [1.807, 2.05) is 18.2 Å². The van der Waals surface area contributed by atoms with Crippen LogP contribution in [0.15, 0.2) is 35.3 Å². The van der Waals surface area contributed by atoms with Gasteiger partial charge in [-0.05, 0) is 53.8 Å². The van der Waals surface area contributed by atoms with Gasteiger partial charge in [0.1, 0.15) is 0 Å². The Kier molecular flexibility index (Phi) is 12.9. The Hall–Kier alpha value is -0.860. The zero-order valence-corrected chi connectivity index (χ0v) is 19.5. The normalized spacial score (nSPS) is 13.3. The highest BCUT2D eigenvalue weighted by Gasteiger charge is 2.19. The van der Waals surface area contributed by atoms with Gasteiger partial charge in [0.25, 0.3) is 0 Å². The van der Waals surface area contributed by atoms with Crippen LogP contribution in [0.3, 0.4) is 0 Å². The molecule has 0 bridgehead atoms. The number of likely N-dealkylation sites (N-methyl/N-ethyl adjacent to an activating group) is 1. The molecule has 5 nitrogen and oxygen atoms in total. The van der Waals surface area contributed by atoms with Crippen molar-refractivity contribution in [3.05, 3.63) is 35.9 Å². The molecule has 0 heterocycles. The van der Waals surface area contributed by atoms with Gasteiger partial charge in [0.15, 0.2) is 5.96 Å². The van der Waals surface area contributed by atoms with Crippen LogP contribution in [0.1, 0.15) is 45.8 Å². The first-order chi connectivity index (χ1) is 11.9. The van der Waals surface area contributed by atoms with Crippen LogP contribution < -0.4 is 10.6 Å². The van der Waals surface area contributed by atoms with Crippen LogP contribution in [-0.4, -0.2) is 56.7 Å². The average molecular weight is 476 g/mol. The number of benzene rings is 1. The zero-order valence-electron chi connectivity index (χ0n) is 17.2. The molecule has 0 aliphatic carbocycles. The van der Waals surface area contributed by atoms with Crippen LogP contribution in [0.4, 0.5) is 0 Å². The van der Waals surface area contributed by atoms with E-state index in [1.54, 1.807) is 0 Å². The van der Waals surface area contributed by atoms with Gasteiger partial charge in [-0.25, -0.2) is 0 Å². The summed E-state index contributed by atoms with van der Waals surface area (Å²) in [5.41, 5.74) is 1.26. The molecule has 0 aliphatic rings. The molecule has 0 saturated carbocycles. The number of hydrogen-bond donors (Lipinski definition) is 2. The molecule has 2 N–H and O–H groups in total. The lowest BCUT2D eigenvalue weighted by Crippen LogP contribution is -2.44. The Morgan fingerprint density at radius 1 is 1.19 bits per heavy atom. The monoisotopic (exact) mass is 476 g/mol. The van der Waals surface area contributed by atoms with Crippen molar-refractivity contribution in [3.8, 4) is 0 Å². The number of hydrogen-bond acceptors (Lipinski definition) is 3. The van der Waals surface area contributed by atoms with E-state index in [-0.39, 0.29) is 35.6 Å². The Morgan fingerprint density at radius 2 is 1.85 bits per heavy atom. The highest BCUT2D eigenvalue weighted by Crippen LogP contribution is 2.15. The molecule has 0 aliphatic heterocycles. The standard InChI is InChI=1S/C20H36N4O.HI/c1-7-21-19(23-16-20(3,4)24(5)6)22-14-11-15-25-17(2)18-12-9-8-10-13-18;/h8-10,12-13,17H,7,11,14-16H2,1-6H3,(H2,21,22,23);1H. The van der Waals surface area contributed by atoms with Crippen molar-refractivity contribution in [1.29, 1.82) is 0 Å². The third kappa shape index (κ3) is 9.73. The molecule has 1 unspecified atom stereocenters. The van der Waals surface area contributed by atoms with Crippen molar-refractivity contribution in [2.24, 2.45) is 4.99 Å². The quantitative estimate of drug-likeness (QED) is 0.234. The number of aliphatic imine (C=N–C) groups is 1. The van der Waals surface area contributed by atoms with Crippen LogP contribution in [0.5, 0.6) is 0 Å². The minimum Gasteiger partial charge on any atom is -0.374 e. The Labute approximate surface area is 177 Å². The summed E-state index contributed by atoms with van der Waals surface area (Å²) in [7, 11) is 4.17. The fourth-order valence-corrected chi connectivity index (χ4v) is 2.12. The molecular weight excluding hydrogens is 439 g/mol. The summed E-state index contributed by atoms with van der Waals surface area (Å²) in [6.07, 6.45) is 1.07. The van der Waals surface area contributed by atoms with E-state index >= 15 is 0 Å². The average Bonchev–Trinajstić information content (AvgIpc) is 2.59. The van der Waals surface area contributed by atoms with Gasteiger partial charge in [0, 0.05) is 25.2 Å². The van der Waals surface area contributed by atoms with E-state index in [9.17, 15) is 0 Å². The summed E-state index contributed by atoms with van der Waals surface area (Å²) in [5, 5.41) is 6.69. The number of halogens is 1. The van der Waals surface area contributed by atoms with Gasteiger partial charge < -0.3 is 20.3 Å². The molecule has 0 amide bonds. The first-order valence-electron chi connectivity index (χ1n) is 9.23. The maximum atomic E-state index is 5.91. The maximum Gasteiger partial charge on any atom is 0.191 e. The molecule has 0 saturated heterocycles. The van der Waals surface area contributed by atoms with Crippen molar-refractivity contribution < 1.29 is 4.74 Å². The summed E-state index contributed by atoms with van der Waals surface area (Å²) in [5.74, 6) is 0.869. The van der Waals surface area contributed by atoms with Crippen LogP contribution in [0, 0.1) is 0 Å². The fourth-order valence-electron chi connectivity index (χ4n) is 2.12. The van der Waals surface area contributed by atoms with E-state index in [1.165, 1.54) is 5.56 Å². The lowest BCUT2D eigenvalue weighted by atomic mass is 10.1. The Balaban J connectivity index is 0.00000625. The van der Waals surface area contributed by atoms with Crippen LogP contribution in [-0.2, 0) is 4.74 Å². The van der Waals surface area contributed by atoms with Gasteiger partial charge in [0.2, 0.25) is 0 Å². The second-order valence-corrected chi connectivity index (χ2v) is 7.11. The van der Waals surface area contributed by atoms with Crippen LogP contribution in [0.2, 0.25) is 0 Å².